The number of sulfonamides is 1. The van der Waals surface area contributed by atoms with Gasteiger partial charge < -0.3 is 0 Å². The van der Waals surface area contributed by atoms with Crippen LogP contribution >= 0.6 is 0 Å². The number of halogens is 2. The normalized spacial score (nSPS) is 11.3. The second-order valence-electron chi connectivity index (χ2n) is 5.93. The average molecular weight is 373 g/mol. The van der Waals surface area contributed by atoms with Gasteiger partial charge in [0.25, 0.3) is 10.0 Å². The van der Waals surface area contributed by atoms with E-state index in [0.717, 1.165) is 17.7 Å². The van der Waals surface area contributed by atoms with Crippen molar-refractivity contribution >= 4 is 15.7 Å². The Morgan fingerprint density at radius 1 is 0.846 bits per heavy atom. The molecule has 0 aliphatic heterocycles. The Labute approximate surface area is 151 Å². The van der Waals surface area contributed by atoms with E-state index in [1.807, 2.05) is 13.0 Å². The number of anilines is 1. The second kappa shape index (κ2) is 7.25. The molecule has 0 spiro atoms. The Balaban J connectivity index is 2.07. The lowest BCUT2D eigenvalue weighted by molar-refractivity contribution is 0.589. The Bertz CT molecular complexity index is 1000. The van der Waals surface area contributed by atoms with Gasteiger partial charge in [0.1, 0.15) is 11.6 Å². The van der Waals surface area contributed by atoms with Gasteiger partial charge in [0.15, 0.2) is 0 Å². The molecule has 0 aliphatic rings. The molecule has 26 heavy (non-hydrogen) atoms. The van der Waals surface area contributed by atoms with Gasteiger partial charge in [-0.15, -0.1) is 0 Å². The SMILES string of the molecule is Cc1cccc(N(Cc2ccc(F)cc2)S(=O)(=O)c2ccc(F)cc2)c1. The van der Waals surface area contributed by atoms with E-state index in [1.54, 1.807) is 18.2 Å². The van der Waals surface area contributed by atoms with Crippen molar-refractivity contribution in [3.8, 4) is 0 Å². The van der Waals surface area contributed by atoms with Gasteiger partial charge in [-0.3, -0.25) is 4.31 Å². The fourth-order valence-electron chi connectivity index (χ4n) is 2.59. The molecule has 0 heterocycles. The van der Waals surface area contributed by atoms with Crippen LogP contribution in [0.15, 0.2) is 77.7 Å². The topological polar surface area (TPSA) is 37.4 Å². The van der Waals surface area contributed by atoms with Gasteiger partial charge >= 0.3 is 0 Å². The Morgan fingerprint density at radius 2 is 1.42 bits per heavy atom. The largest absolute Gasteiger partial charge is 0.264 e. The maximum absolute atomic E-state index is 13.2. The smallest absolute Gasteiger partial charge is 0.262 e. The van der Waals surface area contributed by atoms with E-state index in [0.29, 0.717) is 11.3 Å². The van der Waals surface area contributed by atoms with Crippen molar-refractivity contribution in [2.75, 3.05) is 4.31 Å². The molecule has 0 N–H and O–H groups in total. The van der Waals surface area contributed by atoms with E-state index in [2.05, 4.69) is 0 Å². The van der Waals surface area contributed by atoms with Crippen molar-refractivity contribution in [2.24, 2.45) is 0 Å². The van der Waals surface area contributed by atoms with E-state index in [9.17, 15) is 17.2 Å². The van der Waals surface area contributed by atoms with Crippen LogP contribution in [0.3, 0.4) is 0 Å². The molecule has 0 aromatic heterocycles. The van der Waals surface area contributed by atoms with Crippen LogP contribution in [0.25, 0.3) is 0 Å². The highest BCUT2D eigenvalue weighted by molar-refractivity contribution is 7.92. The van der Waals surface area contributed by atoms with Crippen molar-refractivity contribution in [3.05, 3.63) is 95.6 Å². The minimum atomic E-state index is -3.92. The molecule has 3 aromatic rings. The molecule has 0 atom stereocenters. The lowest BCUT2D eigenvalue weighted by Gasteiger charge is -2.25. The van der Waals surface area contributed by atoms with Gasteiger partial charge in [0.2, 0.25) is 0 Å². The summed E-state index contributed by atoms with van der Waals surface area (Å²) in [5.74, 6) is -0.901. The number of aryl methyl sites for hydroxylation is 1. The summed E-state index contributed by atoms with van der Waals surface area (Å²) in [5, 5.41) is 0. The van der Waals surface area contributed by atoms with Crippen LogP contribution in [0.5, 0.6) is 0 Å². The van der Waals surface area contributed by atoms with Crippen LogP contribution in [-0.2, 0) is 16.6 Å². The minimum absolute atomic E-state index is 0.0116. The zero-order valence-corrected chi connectivity index (χ0v) is 14.9. The molecule has 3 rings (SSSR count). The number of rotatable bonds is 5. The Morgan fingerprint density at radius 3 is 2.00 bits per heavy atom. The molecule has 0 saturated carbocycles. The van der Waals surface area contributed by atoms with E-state index in [-0.39, 0.29) is 11.4 Å². The van der Waals surface area contributed by atoms with Gasteiger partial charge in [0.05, 0.1) is 17.1 Å². The van der Waals surface area contributed by atoms with Crippen molar-refractivity contribution in [1.29, 1.82) is 0 Å². The molecular weight excluding hydrogens is 356 g/mol. The molecule has 0 radical (unpaired) electrons. The lowest BCUT2D eigenvalue weighted by Crippen LogP contribution is -2.30. The van der Waals surface area contributed by atoms with Crippen LogP contribution in [-0.4, -0.2) is 8.42 Å². The first-order valence-corrected chi connectivity index (χ1v) is 9.40. The first-order chi connectivity index (χ1) is 12.4. The first kappa shape index (κ1) is 18.1. The van der Waals surface area contributed by atoms with Crippen LogP contribution in [0.4, 0.5) is 14.5 Å². The third-order valence-corrected chi connectivity index (χ3v) is 5.72. The van der Waals surface area contributed by atoms with E-state index in [1.165, 1.54) is 40.7 Å². The summed E-state index contributed by atoms with van der Waals surface area (Å²) in [4.78, 5) is -0.0116. The third-order valence-electron chi connectivity index (χ3n) is 3.93. The van der Waals surface area contributed by atoms with Gasteiger partial charge in [-0.05, 0) is 66.6 Å². The van der Waals surface area contributed by atoms with Crippen molar-refractivity contribution in [1.82, 2.24) is 0 Å². The summed E-state index contributed by atoms with van der Waals surface area (Å²) in [5.41, 5.74) is 2.03. The molecular formula is C20H17F2NO2S. The van der Waals surface area contributed by atoms with Crippen LogP contribution < -0.4 is 4.31 Å². The predicted molar refractivity (Wildman–Crippen MR) is 97.3 cm³/mol. The summed E-state index contributed by atoms with van der Waals surface area (Å²) in [6.45, 7) is 1.90. The van der Waals surface area contributed by atoms with Crippen molar-refractivity contribution in [2.45, 2.75) is 18.4 Å². The van der Waals surface area contributed by atoms with Gasteiger partial charge in [0, 0.05) is 0 Å². The maximum Gasteiger partial charge on any atom is 0.264 e. The predicted octanol–water partition coefficient (Wildman–Crippen LogP) is 4.67. The number of hydrogen-bond acceptors (Lipinski definition) is 2. The number of hydrogen-bond donors (Lipinski definition) is 0. The summed E-state index contributed by atoms with van der Waals surface area (Å²) in [7, 11) is -3.92. The quantitative estimate of drug-likeness (QED) is 0.652. The van der Waals surface area contributed by atoms with E-state index in [4.69, 9.17) is 0 Å². The maximum atomic E-state index is 13.2. The van der Waals surface area contributed by atoms with E-state index < -0.39 is 21.7 Å². The highest BCUT2D eigenvalue weighted by Gasteiger charge is 2.25. The molecule has 0 unspecified atom stereocenters. The summed E-state index contributed by atoms with van der Waals surface area (Å²) in [6.07, 6.45) is 0. The van der Waals surface area contributed by atoms with Gasteiger partial charge in [-0.1, -0.05) is 24.3 Å². The third kappa shape index (κ3) is 3.91. The second-order valence-corrected chi connectivity index (χ2v) is 7.79. The van der Waals surface area contributed by atoms with Crippen molar-refractivity contribution < 1.29 is 17.2 Å². The molecule has 0 saturated heterocycles. The monoisotopic (exact) mass is 373 g/mol. The molecule has 3 nitrogen and oxygen atoms in total. The zero-order chi connectivity index (χ0) is 18.7. The minimum Gasteiger partial charge on any atom is -0.262 e. The fourth-order valence-corrected chi connectivity index (χ4v) is 4.03. The van der Waals surface area contributed by atoms with Crippen LogP contribution in [0.1, 0.15) is 11.1 Å². The molecule has 3 aromatic carbocycles. The molecule has 0 aliphatic carbocycles. The van der Waals surface area contributed by atoms with Gasteiger partial charge in [-0.2, -0.15) is 0 Å². The summed E-state index contributed by atoms with van der Waals surface area (Å²) in [6, 6.07) is 17.4. The zero-order valence-electron chi connectivity index (χ0n) is 14.1. The summed E-state index contributed by atoms with van der Waals surface area (Å²) >= 11 is 0. The lowest BCUT2D eigenvalue weighted by atomic mass is 10.2. The molecule has 0 amide bonds. The standard InChI is InChI=1S/C20H17F2NO2S/c1-15-3-2-4-19(13-15)23(14-16-5-7-17(21)8-6-16)26(24,25)20-11-9-18(22)10-12-20/h2-13H,14H2,1H3. The number of benzene rings is 3. The molecule has 134 valence electrons. The Hall–Kier alpha value is -2.73. The van der Waals surface area contributed by atoms with Crippen LogP contribution in [0, 0.1) is 18.6 Å². The fraction of sp³-hybridized carbons (Fsp3) is 0.100. The van der Waals surface area contributed by atoms with Crippen molar-refractivity contribution in [3.63, 3.8) is 0 Å². The van der Waals surface area contributed by atoms with E-state index >= 15 is 0 Å². The first-order valence-electron chi connectivity index (χ1n) is 7.96. The Kier molecular flexibility index (Phi) is 5.04. The highest BCUT2D eigenvalue weighted by Crippen LogP contribution is 2.27. The molecule has 0 fully saturated rings. The van der Waals surface area contributed by atoms with Gasteiger partial charge in [-0.25, -0.2) is 17.2 Å². The summed E-state index contributed by atoms with van der Waals surface area (Å²) < 4.78 is 53.9. The molecule has 0 bridgehead atoms. The number of nitrogens with zero attached hydrogens (tertiary/aromatic N) is 1. The molecule has 6 heteroatoms. The van der Waals surface area contributed by atoms with Crippen LogP contribution in [0.2, 0.25) is 0 Å². The highest BCUT2D eigenvalue weighted by atomic mass is 32.2. The average Bonchev–Trinajstić information content (AvgIpc) is 2.61.